The zero-order valence-corrected chi connectivity index (χ0v) is 14.6. The number of ether oxygens (including phenoxy) is 1. The molecule has 1 aromatic carbocycles. The molecule has 130 valence electrons. The lowest BCUT2D eigenvalue weighted by Crippen LogP contribution is -2.34. The van der Waals surface area contributed by atoms with E-state index >= 15 is 0 Å². The van der Waals surface area contributed by atoms with Gasteiger partial charge in [-0.3, -0.25) is 9.78 Å². The number of pyridine rings is 1. The number of nitrogens with zero attached hydrogens (tertiary/aromatic N) is 3. The smallest absolute Gasteiger partial charge is 0.255 e. The summed E-state index contributed by atoms with van der Waals surface area (Å²) in [5, 5.41) is 0. The first kappa shape index (κ1) is 16.1. The number of rotatable bonds is 2. The van der Waals surface area contributed by atoms with Gasteiger partial charge in [0.05, 0.1) is 12.2 Å². The Morgan fingerprint density at radius 1 is 1.08 bits per heavy atom. The van der Waals surface area contributed by atoms with Gasteiger partial charge in [-0.1, -0.05) is 6.07 Å². The molecule has 0 atom stereocenters. The Bertz CT molecular complexity index is 790. The monoisotopic (exact) mass is 337 g/mol. The molecule has 2 aliphatic heterocycles. The molecule has 25 heavy (non-hydrogen) atoms. The quantitative estimate of drug-likeness (QED) is 0.844. The van der Waals surface area contributed by atoms with Gasteiger partial charge in [0.2, 0.25) is 0 Å². The minimum Gasteiger partial charge on any atom is -0.493 e. The number of benzene rings is 1. The summed E-state index contributed by atoms with van der Waals surface area (Å²) in [7, 11) is 2.10. The van der Waals surface area contributed by atoms with Gasteiger partial charge in [-0.15, -0.1) is 0 Å². The van der Waals surface area contributed by atoms with Crippen LogP contribution in [0.4, 0.5) is 0 Å². The van der Waals surface area contributed by atoms with Crippen LogP contribution in [0.1, 0.15) is 22.3 Å². The Morgan fingerprint density at radius 3 is 2.92 bits per heavy atom. The van der Waals surface area contributed by atoms with Crippen molar-refractivity contribution < 1.29 is 9.53 Å². The predicted molar refractivity (Wildman–Crippen MR) is 96.9 cm³/mol. The normalized spacial score (nSPS) is 17.7. The van der Waals surface area contributed by atoms with Gasteiger partial charge < -0.3 is 14.5 Å². The Morgan fingerprint density at radius 2 is 2.00 bits per heavy atom. The zero-order chi connectivity index (χ0) is 17.2. The van der Waals surface area contributed by atoms with Crippen LogP contribution in [-0.2, 0) is 6.42 Å². The Labute approximate surface area is 148 Å². The third-order valence-corrected chi connectivity index (χ3v) is 5.01. The van der Waals surface area contributed by atoms with E-state index in [2.05, 4.69) is 23.0 Å². The number of carbonyl (C=O) groups excluding carboxylic acids is 1. The van der Waals surface area contributed by atoms with Crippen molar-refractivity contribution >= 4 is 5.91 Å². The maximum absolute atomic E-state index is 12.9. The highest BCUT2D eigenvalue weighted by molar-refractivity contribution is 5.95. The second-order valence-corrected chi connectivity index (χ2v) is 6.83. The molecule has 1 fully saturated rings. The Hall–Kier alpha value is -2.40. The van der Waals surface area contributed by atoms with E-state index in [1.807, 2.05) is 29.3 Å². The van der Waals surface area contributed by atoms with E-state index < -0.39 is 0 Å². The number of carbonyl (C=O) groups is 1. The fraction of sp³-hybridized carbons (Fsp3) is 0.400. The van der Waals surface area contributed by atoms with E-state index in [9.17, 15) is 4.79 Å². The summed E-state index contributed by atoms with van der Waals surface area (Å²) in [5.41, 5.74) is 3.96. The molecule has 0 unspecified atom stereocenters. The van der Waals surface area contributed by atoms with Crippen LogP contribution in [0.15, 0.2) is 36.7 Å². The van der Waals surface area contributed by atoms with Crippen LogP contribution < -0.4 is 4.74 Å². The lowest BCUT2D eigenvalue weighted by molar-refractivity contribution is 0.0762. The van der Waals surface area contributed by atoms with E-state index in [1.165, 1.54) is 5.56 Å². The highest BCUT2D eigenvalue weighted by atomic mass is 16.5. The molecule has 2 aromatic rings. The standard InChI is InChI=1S/C20H23N3O2/c1-22-6-2-7-23(9-8-22)20(24)18-12-17(13-21-14-18)15-3-4-19-16(11-15)5-10-25-19/h3-4,11-14H,2,5-10H2,1H3. The second kappa shape index (κ2) is 6.84. The Kier molecular flexibility index (Phi) is 4.40. The van der Waals surface area contributed by atoms with E-state index in [0.717, 1.165) is 62.5 Å². The van der Waals surface area contributed by atoms with Gasteiger partial charge in [-0.2, -0.15) is 0 Å². The number of fused-ring (bicyclic) bond motifs is 1. The number of likely N-dealkylation sites (N-methyl/N-ethyl adjacent to an activating group) is 1. The summed E-state index contributed by atoms with van der Waals surface area (Å²) in [6.45, 7) is 4.29. The van der Waals surface area contributed by atoms with Crippen LogP contribution >= 0.6 is 0 Å². The molecule has 5 heteroatoms. The van der Waals surface area contributed by atoms with Crippen molar-refractivity contribution in [3.63, 3.8) is 0 Å². The van der Waals surface area contributed by atoms with Crippen molar-refractivity contribution in [3.05, 3.63) is 47.8 Å². The average Bonchev–Trinajstić information content (AvgIpc) is 3.01. The lowest BCUT2D eigenvalue weighted by atomic mass is 10.0. The number of aromatic nitrogens is 1. The van der Waals surface area contributed by atoms with Crippen molar-refractivity contribution in [1.82, 2.24) is 14.8 Å². The average molecular weight is 337 g/mol. The van der Waals surface area contributed by atoms with Crippen LogP contribution in [0.5, 0.6) is 5.75 Å². The summed E-state index contributed by atoms with van der Waals surface area (Å²) < 4.78 is 5.57. The molecule has 1 saturated heterocycles. The summed E-state index contributed by atoms with van der Waals surface area (Å²) >= 11 is 0. The van der Waals surface area contributed by atoms with E-state index in [1.54, 1.807) is 6.20 Å². The van der Waals surface area contributed by atoms with Crippen LogP contribution in [0.2, 0.25) is 0 Å². The van der Waals surface area contributed by atoms with Crippen molar-refractivity contribution in [2.24, 2.45) is 0 Å². The molecule has 1 aromatic heterocycles. The van der Waals surface area contributed by atoms with Gasteiger partial charge in [0, 0.05) is 44.0 Å². The van der Waals surface area contributed by atoms with Crippen molar-refractivity contribution in [1.29, 1.82) is 0 Å². The summed E-state index contributed by atoms with van der Waals surface area (Å²) in [5.74, 6) is 1.05. The molecule has 0 saturated carbocycles. The SMILES string of the molecule is CN1CCCN(C(=O)c2cncc(-c3ccc4c(c3)CCO4)c2)CC1. The summed E-state index contributed by atoms with van der Waals surface area (Å²) in [4.78, 5) is 21.4. The third-order valence-electron chi connectivity index (χ3n) is 5.01. The number of hydrogen-bond acceptors (Lipinski definition) is 4. The van der Waals surface area contributed by atoms with E-state index in [0.29, 0.717) is 5.56 Å². The molecule has 0 spiro atoms. The molecule has 5 nitrogen and oxygen atoms in total. The minimum absolute atomic E-state index is 0.0779. The second-order valence-electron chi connectivity index (χ2n) is 6.83. The first-order valence-electron chi connectivity index (χ1n) is 8.90. The van der Waals surface area contributed by atoms with Gasteiger partial charge >= 0.3 is 0 Å². The largest absolute Gasteiger partial charge is 0.493 e. The Balaban J connectivity index is 1.58. The summed E-state index contributed by atoms with van der Waals surface area (Å²) in [6.07, 6.45) is 5.46. The molecule has 1 amide bonds. The fourth-order valence-electron chi connectivity index (χ4n) is 3.51. The molecule has 3 heterocycles. The maximum atomic E-state index is 12.9. The van der Waals surface area contributed by atoms with Crippen molar-refractivity contribution in [3.8, 4) is 16.9 Å². The molecular weight excluding hydrogens is 314 g/mol. The molecule has 4 rings (SSSR count). The minimum atomic E-state index is 0.0779. The first-order valence-corrected chi connectivity index (χ1v) is 8.90. The van der Waals surface area contributed by atoms with Crippen molar-refractivity contribution in [2.45, 2.75) is 12.8 Å². The topological polar surface area (TPSA) is 45.7 Å². The maximum Gasteiger partial charge on any atom is 0.255 e. The molecule has 0 aliphatic carbocycles. The fourth-order valence-corrected chi connectivity index (χ4v) is 3.51. The predicted octanol–water partition coefficient (Wildman–Crippen LogP) is 2.46. The molecule has 2 aliphatic rings. The lowest BCUT2D eigenvalue weighted by Gasteiger charge is -2.20. The molecule has 0 N–H and O–H groups in total. The van der Waals surface area contributed by atoms with Gasteiger partial charge in [0.1, 0.15) is 5.75 Å². The van der Waals surface area contributed by atoms with Crippen LogP contribution in [0.3, 0.4) is 0 Å². The summed E-state index contributed by atoms with van der Waals surface area (Å²) in [6, 6.07) is 8.16. The zero-order valence-electron chi connectivity index (χ0n) is 14.6. The van der Waals surface area contributed by atoms with Crippen LogP contribution in [0.25, 0.3) is 11.1 Å². The van der Waals surface area contributed by atoms with Crippen molar-refractivity contribution in [2.75, 3.05) is 39.8 Å². The van der Waals surface area contributed by atoms with E-state index in [-0.39, 0.29) is 5.91 Å². The highest BCUT2D eigenvalue weighted by Gasteiger charge is 2.20. The molecule has 0 bridgehead atoms. The highest BCUT2D eigenvalue weighted by Crippen LogP contribution is 2.30. The van der Waals surface area contributed by atoms with Gasteiger partial charge in [0.15, 0.2) is 0 Å². The first-order chi connectivity index (χ1) is 12.2. The molecular formula is C20H23N3O2. The molecule has 0 radical (unpaired) electrons. The van der Waals surface area contributed by atoms with Gasteiger partial charge in [-0.25, -0.2) is 0 Å². The third kappa shape index (κ3) is 3.37. The number of amides is 1. The van der Waals surface area contributed by atoms with Crippen LogP contribution in [-0.4, -0.2) is 60.5 Å². The van der Waals surface area contributed by atoms with Crippen LogP contribution in [0, 0.1) is 0 Å². The van der Waals surface area contributed by atoms with Gasteiger partial charge in [-0.05, 0) is 49.3 Å². The van der Waals surface area contributed by atoms with Gasteiger partial charge in [0.25, 0.3) is 5.91 Å². The number of hydrogen-bond donors (Lipinski definition) is 0. The van der Waals surface area contributed by atoms with E-state index in [4.69, 9.17) is 4.74 Å².